The third-order valence-electron chi connectivity index (χ3n) is 3.87. The summed E-state index contributed by atoms with van der Waals surface area (Å²) >= 11 is 0. The molecule has 2 aromatic carbocycles. The van der Waals surface area contributed by atoms with Crippen molar-refractivity contribution >= 4 is 10.9 Å². The van der Waals surface area contributed by atoms with E-state index in [2.05, 4.69) is 42.5 Å². The summed E-state index contributed by atoms with van der Waals surface area (Å²) in [7, 11) is 0. The summed E-state index contributed by atoms with van der Waals surface area (Å²) in [6, 6.07) is 18.9. The molecule has 0 fully saturated rings. The molecule has 0 amide bonds. The molecule has 0 spiro atoms. The summed E-state index contributed by atoms with van der Waals surface area (Å²) in [5.74, 6) is 0. The van der Waals surface area contributed by atoms with E-state index in [0.717, 1.165) is 28.6 Å². The summed E-state index contributed by atoms with van der Waals surface area (Å²) in [6.45, 7) is 0. The molecule has 3 aromatic rings. The minimum Gasteiger partial charge on any atom is -0.324 e. The maximum atomic E-state index is 6.31. The monoisotopic (exact) mass is 246 g/mol. The Bertz CT molecular complexity index is 777. The number of para-hydroxylation sites is 1. The minimum absolute atomic E-state index is 0.0435. The van der Waals surface area contributed by atoms with E-state index < -0.39 is 0 Å². The molecule has 1 heterocycles. The Morgan fingerprint density at radius 2 is 1.79 bits per heavy atom. The zero-order valence-corrected chi connectivity index (χ0v) is 10.5. The average molecular weight is 246 g/mol. The van der Waals surface area contributed by atoms with Crippen LogP contribution in [0, 0.1) is 0 Å². The molecule has 1 unspecified atom stereocenters. The van der Waals surface area contributed by atoms with Gasteiger partial charge < -0.3 is 5.73 Å². The van der Waals surface area contributed by atoms with Gasteiger partial charge >= 0.3 is 0 Å². The Labute approximate surface area is 111 Å². The molecule has 4 rings (SSSR count). The number of hydrogen-bond acceptors (Lipinski definition) is 2. The highest BCUT2D eigenvalue weighted by molar-refractivity contribution is 5.85. The van der Waals surface area contributed by atoms with Gasteiger partial charge in [0.25, 0.3) is 0 Å². The first-order chi connectivity index (χ1) is 9.33. The van der Waals surface area contributed by atoms with Gasteiger partial charge in [0.1, 0.15) is 0 Å². The van der Waals surface area contributed by atoms with Gasteiger partial charge in [0.2, 0.25) is 0 Å². The third kappa shape index (κ3) is 1.57. The van der Waals surface area contributed by atoms with Crippen molar-refractivity contribution in [3.05, 3.63) is 65.7 Å². The summed E-state index contributed by atoms with van der Waals surface area (Å²) in [5.41, 5.74) is 12.1. The zero-order chi connectivity index (χ0) is 12.8. The largest absolute Gasteiger partial charge is 0.324 e. The number of nitrogens with zero attached hydrogens (tertiary/aromatic N) is 1. The smallest absolute Gasteiger partial charge is 0.0760 e. The lowest BCUT2D eigenvalue weighted by Gasteiger charge is -2.24. The number of benzene rings is 2. The van der Waals surface area contributed by atoms with Crippen LogP contribution in [0.4, 0.5) is 0 Å². The number of hydrogen-bond donors (Lipinski definition) is 1. The lowest BCUT2D eigenvalue weighted by molar-refractivity contribution is 0.710. The summed E-state index contributed by atoms with van der Waals surface area (Å²) in [5, 5.41) is 1.16. The van der Waals surface area contributed by atoms with Crippen molar-refractivity contribution in [2.45, 2.75) is 12.5 Å². The fourth-order valence-corrected chi connectivity index (χ4v) is 2.91. The highest BCUT2D eigenvalue weighted by Crippen LogP contribution is 2.37. The van der Waals surface area contributed by atoms with Gasteiger partial charge in [-0.1, -0.05) is 42.5 Å². The highest BCUT2D eigenvalue weighted by Gasteiger charge is 2.23. The van der Waals surface area contributed by atoms with Crippen molar-refractivity contribution in [2.75, 3.05) is 0 Å². The van der Waals surface area contributed by atoms with Crippen LogP contribution in [0.25, 0.3) is 22.2 Å². The fourth-order valence-electron chi connectivity index (χ4n) is 2.91. The van der Waals surface area contributed by atoms with E-state index in [1.54, 1.807) is 0 Å². The molecule has 1 aliphatic carbocycles. The van der Waals surface area contributed by atoms with Crippen molar-refractivity contribution in [1.29, 1.82) is 0 Å². The lowest BCUT2D eigenvalue weighted by atomic mass is 9.85. The molecule has 0 radical (unpaired) electrons. The van der Waals surface area contributed by atoms with Crippen molar-refractivity contribution in [1.82, 2.24) is 4.98 Å². The van der Waals surface area contributed by atoms with E-state index in [-0.39, 0.29) is 6.04 Å². The number of nitrogens with two attached hydrogens (primary N) is 1. The highest BCUT2D eigenvalue weighted by atomic mass is 14.7. The molecular weight excluding hydrogens is 232 g/mol. The summed E-state index contributed by atoms with van der Waals surface area (Å²) in [4.78, 5) is 4.83. The second-order valence-electron chi connectivity index (χ2n) is 5.09. The van der Waals surface area contributed by atoms with E-state index >= 15 is 0 Å². The first-order valence-electron chi connectivity index (χ1n) is 6.56. The molecule has 19 heavy (non-hydrogen) atoms. The van der Waals surface area contributed by atoms with E-state index in [0.29, 0.717) is 0 Å². The van der Waals surface area contributed by atoms with Gasteiger partial charge in [-0.25, -0.2) is 4.98 Å². The van der Waals surface area contributed by atoms with Crippen LogP contribution in [-0.2, 0) is 6.42 Å². The van der Waals surface area contributed by atoms with Gasteiger partial charge in [0.05, 0.1) is 11.2 Å². The first-order valence-corrected chi connectivity index (χ1v) is 6.56. The minimum atomic E-state index is 0.0435. The standard InChI is InChI=1S/C17H14N2/c18-15-10-11-5-1-3-7-13(11)17-14(15)9-12-6-2-4-8-16(12)19-17/h1-9,15H,10,18H2. The molecule has 2 heteroatoms. The maximum Gasteiger partial charge on any atom is 0.0760 e. The van der Waals surface area contributed by atoms with E-state index in [1.807, 2.05) is 12.1 Å². The van der Waals surface area contributed by atoms with Crippen LogP contribution in [0.15, 0.2) is 54.6 Å². The van der Waals surface area contributed by atoms with Gasteiger partial charge in [-0.2, -0.15) is 0 Å². The molecule has 0 saturated heterocycles. The lowest BCUT2D eigenvalue weighted by Crippen LogP contribution is -2.19. The normalized spacial score (nSPS) is 17.0. The van der Waals surface area contributed by atoms with Crippen molar-refractivity contribution in [3.63, 3.8) is 0 Å². The molecular formula is C17H14N2. The SMILES string of the molecule is NC1Cc2ccccc2-c2nc3ccccc3cc21. The summed E-state index contributed by atoms with van der Waals surface area (Å²) in [6.07, 6.45) is 0.892. The van der Waals surface area contributed by atoms with Crippen molar-refractivity contribution in [2.24, 2.45) is 5.73 Å². The number of pyridine rings is 1. The second kappa shape index (κ2) is 3.90. The van der Waals surface area contributed by atoms with Gasteiger partial charge in [-0.05, 0) is 29.7 Å². The van der Waals surface area contributed by atoms with E-state index in [1.165, 1.54) is 11.1 Å². The molecule has 1 aromatic heterocycles. The van der Waals surface area contributed by atoms with Crippen molar-refractivity contribution in [3.8, 4) is 11.3 Å². The van der Waals surface area contributed by atoms with Crippen LogP contribution in [0.3, 0.4) is 0 Å². The van der Waals surface area contributed by atoms with Crippen molar-refractivity contribution < 1.29 is 0 Å². The summed E-state index contributed by atoms with van der Waals surface area (Å²) < 4.78 is 0. The van der Waals surface area contributed by atoms with Crippen LogP contribution in [0.2, 0.25) is 0 Å². The van der Waals surface area contributed by atoms with Gasteiger partial charge in [-0.15, -0.1) is 0 Å². The number of aromatic nitrogens is 1. The molecule has 2 N–H and O–H groups in total. The van der Waals surface area contributed by atoms with Crippen LogP contribution in [0.5, 0.6) is 0 Å². The Hall–Kier alpha value is -2.19. The topological polar surface area (TPSA) is 38.9 Å². The van der Waals surface area contributed by atoms with Crippen LogP contribution < -0.4 is 5.73 Å². The third-order valence-corrected chi connectivity index (χ3v) is 3.87. The van der Waals surface area contributed by atoms with Gasteiger partial charge in [0.15, 0.2) is 0 Å². The Morgan fingerprint density at radius 1 is 1.00 bits per heavy atom. The number of rotatable bonds is 0. The molecule has 0 saturated carbocycles. The molecule has 1 aliphatic rings. The van der Waals surface area contributed by atoms with Gasteiger partial charge in [-0.3, -0.25) is 0 Å². The van der Waals surface area contributed by atoms with Crippen LogP contribution in [0.1, 0.15) is 17.2 Å². The molecule has 1 atom stereocenters. The Kier molecular flexibility index (Phi) is 2.20. The predicted octanol–water partition coefficient (Wildman–Crippen LogP) is 3.46. The molecule has 0 aliphatic heterocycles. The predicted molar refractivity (Wildman–Crippen MR) is 77.8 cm³/mol. The van der Waals surface area contributed by atoms with Crippen LogP contribution in [-0.4, -0.2) is 4.98 Å². The Balaban J connectivity index is 2.08. The fraction of sp³-hybridized carbons (Fsp3) is 0.118. The van der Waals surface area contributed by atoms with Gasteiger partial charge in [0, 0.05) is 17.0 Å². The second-order valence-corrected chi connectivity index (χ2v) is 5.09. The van der Waals surface area contributed by atoms with E-state index in [4.69, 9.17) is 10.7 Å². The molecule has 92 valence electrons. The first kappa shape index (κ1) is 10.7. The number of fused-ring (bicyclic) bond motifs is 4. The Morgan fingerprint density at radius 3 is 2.74 bits per heavy atom. The quantitative estimate of drug-likeness (QED) is 0.659. The maximum absolute atomic E-state index is 6.31. The van der Waals surface area contributed by atoms with Crippen LogP contribution >= 0.6 is 0 Å². The zero-order valence-electron chi connectivity index (χ0n) is 10.5. The molecule has 0 bridgehead atoms. The van der Waals surface area contributed by atoms with E-state index in [9.17, 15) is 0 Å². The average Bonchev–Trinajstić information content (AvgIpc) is 2.46. The molecule has 2 nitrogen and oxygen atoms in total.